The van der Waals surface area contributed by atoms with Crippen molar-refractivity contribution in [3.8, 4) is 0 Å². The van der Waals surface area contributed by atoms with Gasteiger partial charge in [-0.1, -0.05) is 0 Å². The van der Waals surface area contributed by atoms with E-state index in [2.05, 4.69) is 31.6 Å². The van der Waals surface area contributed by atoms with E-state index in [1.807, 2.05) is 0 Å². The number of carbonyl (C=O) groups excluding carboxylic acids is 1. The Hall–Kier alpha value is -1.40. The van der Waals surface area contributed by atoms with Crippen molar-refractivity contribution in [2.24, 2.45) is 5.92 Å². The van der Waals surface area contributed by atoms with Crippen molar-refractivity contribution in [2.75, 3.05) is 39.3 Å². The van der Waals surface area contributed by atoms with E-state index in [0.29, 0.717) is 11.9 Å². The molecule has 0 bridgehead atoms. The fraction of sp³-hybridized carbons (Fsp3) is 0.800. The van der Waals surface area contributed by atoms with Crippen molar-refractivity contribution in [3.63, 3.8) is 0 Å². The molecule has 1 aromatic heterocycles. The number of hydrogen-bond donors (Lipinski definition) is 1. The molecular formula is C20H33N5O. The Morgan fingerprint density at radius 2 is 1.88 bits per heavy atom. The van der Waals surface area contributed by atoms with Crippen LogP contribution in [0.15, 0.2) is 6.33 Å². The van der Waals surface area contributed by atoms with Gasteiger partial charge in [0.1, 0.15) is 0 Å². The first-order chi connectivity index (χ1) is 12.7. The second-order valence-corrected chi connectivity index (χ2v) is 8.35. The number of rotatable bonds is 4. The third kappa shape index (κ3) is 3.96. The molecule has 0 radical (unpaired) electrons. The van der Waals surface area contributed by atoms with E-state index < -0.39 is 0 Å². The van der Waals surface area contributed by atoms with Crippen molar-refractivity contribution < 1.29 is 4.79 Å². The van der Waals surface area contributed by atoms with Gasteiger partial charge < -0.3 is 9.88 Å². The number of amides is 1. The van der Waals surface area contributed by atoms with Gasteiger partial charge in [-0.25, -0.2) is 4.98 Å². The van der Waals surface area contributed by atoms with Crippen LogP contribution in [0.1, 0.15) is 49.9 Å². The fourth-order valence-electron chi connectivity index (χ4n) is 4.94. The zero-order valence-corrected chi connectivity index (χ0v) is 16.1. The Labute approximate surface area is 156 Å². The average Bonchev–Trinajstić information content (AvgIpc) is 3.34. The molecule has 3 fully saturated rings. The lowest BCUT2D eigenvalue weighted by atomic mass is 9.93. The van der Waals surface area contributed by atoms with E-state index >= 15 is 0 Å². The van der Waals surface area contributed by atoms with Crippen LogP contribution in [-0.4, -0.2) is 75.9 Å². The monoisotopic (exact) mass is 359 g/mol. The largest absolute Gasteiger partial charge is 0.348 e. The lowest BCUT2D eigenvalue weighted by molar-refractivity contribution is -0.136. The summed E-state index contributed by atoms with van der Waals surface area (Å²) in [4.78, 5) is 27.6. The maximum atomic E-state index is 12.8. The molecule has 0 aromatic carbocycles. The maximum absolute atomic E-state index is 12.8. The van der Waals surface area contributed by atoms with Crippen LogP contribution in [0.5, 0.6) is 0 Å². The first kappa shape index (κ1) is 18.0. The molecule has 26 heavy (non-hydrogen) atoms. The number of H-pyrrole nitrogens is 1. The predicted molar refractivity (Wildman–Crippen MR) is 102 cm³/mol. The van der Waals surface area contributed by atoms with Crippen LogP contribution in [-0.2, 0) is 11.3 Å². The molecule has 6 heteroatoms. The fourth-order valence-corrected chi connectivity index (χ4v) is 4.94. The lowest BCUT2D eigenvalue weighted by Crippen LogP contribution is -2.51. The van der Waals surface area contributed by atoms with Gasteiger partial charge in [-0.15, -0.1) is 0 Å². The Morgan fingerprint density at radius 1 is 1.12 bits per heavy atom. The predicted octanol–water partition coefficient (Wildman–Crippen LogP) is 2.02. The van der Waals surface area contributed by atoms with Gasteiger partial charge in [0, 0.05) is 51.0 Å². The van der Waals surface area contributed by atoms with Gasteiger partial charge in [0.05, 0.1) is 17.9 Å². The SMILES string of the molecule is Cc1[nH]cnc1CN1CCC(N2CCC[C@@H](C(=O)N3CCCC3)C2)CC1. The summed E-state index contributed by atoms with van der Waals surface area (Å²) in [5.74, 6) is 0.672. The van der Waals surface area contributed by atoms with Crippen LogP contribution in [0, 0.1) is 12.8 Å². The number of likely N-dealkylation sites (tertiary alicyclic amines) is 3. The molecule has 0 unspecified atom stereocenters. The minimum absolute atomic E-state index is 0.242. The minimum atomic E-state index is 0.242. The zero-order valence-electron chi connectivity index (χ0n) is 16.1. The third-order valence-electron chi connectivity index (χ3n) is 6.60. The minimum Gasteiger partial charge on any atom is -0.348 e. The molecule has 3 aliphatic rings. The van der Waals surface area contributed by atoms with Crippen LogP contribution in [0.4, 0.5) is 0 Å². The molecule has 4 heterocycles. The average molecular weight is 360 g/mol. The van der Waals surface area contributed by atoms with Crippen LogP contribution >= 0.6 is 0 Å². The molecule has 6 nitrogen and oxygen atoms in total. The Bertz CT molecular complexity index is 601. The Morgan fingerprint density at radius 3 is 2.58 bits per heavy atom. The van der Waals surface area contributed by atoms with Crippen molar-refractivity contribution >= 4 is 5.91 Å². The van der Waals surface area contributed by atoms with Crippen LogP contribution in [0.3, 0.4) is 0 Å². The van der Waals surface area contributed by atoms with Crippen LogP contribution < -0.4 is 0 Å². The van der Waals surface area contributed by atoms with Crippen LogP contribution in [0.2, 0.25) is 0 Å². The van der Waals surface area contributed by atoms with Gasteiger partial charge in [-0.05, 0) is 52.0 Å². The van der Waals surface area contributed by atoms with Gasteiger partial charge in [0.2, 0.25) is 5.91 Å². The normalized spacial score (nSPS) is 26.5. The Kier molecular flexibility index (Phi) is 5.60. The number of carbonyl (C=O) groups is 1. The second-order valence-electron chi connectivity index (χ2n) is 8.35. The highest BCUT2D eigenvalue weighted by Crippen LogP contribution is 2.26. The molecule has 3 saturated heterocycles. The van der Waals surface area contributed by atoms with Crippen molar-refractivity contribution in [1.82, 2.24) is 24.7 Å². The number of nitrogens with one attached hydrogen (secondary N) is 1. The van der Waals surface area contributed by atoms with E-state index in [0.717, 1.165) is 45.7 Å². The molecule has 4 rings (SSSR count). The summed E-state index contributed by atoms with van der Waals surface area (Å²) >= 11 is 0. The van der Waals surface area contributed by atoms with Gasteiger partial charge in [0.25, 0.3) is 0 Å². The van der Waals surface area contributed by atoms with Gasteiger partial charge >= 0.3 is 0 Å². The Balaban J connectivity index is 1.27. The quantitative estimate of drug-likeness (QED) is 0.894. The summed E-state index contributed by atoms with van der Waals surface area (Å²) in [6, 6.07) is 0.653. The van der Waals surface area contributed by atoms with Crippen molar-refractivity contribution in [3.05, 3.63) is 17.7 Å². The van der Waals surface area contributed by atoms with Crippen molar-refractivity contribution in [2.45, 2.75) is 58.0 Å². The van der Waals surface area contributed by atoms with E-state index in [-0.39, 0.29) is 5.92 Å². The van der Waals surface area contributed by atoms with Crippen LogP contribution in [0.25, 0.3) is 0 Å². The van der Waals surface area contributed by atoms with Crippen molar-refractivity contribution in [1.29, 1.82) is 0 Å². The summed E-state index contributed by atoms with van der Waals surface area (Å²) in [6.45, 7) is 9.46. The molecule has 3 aliphatic heterocycles. The molecule has 0 spiro atoms. The highest BCUT2D eigenvalue weighted by Gasteiger charge is 2.34. The number of hydrogen-bond acceptors (Lipinski definition) is 4. The number of piperidine rings is 2. The van der Waals surface area contributed by atoms with Gasteiger partial charge in [-0.2, -0.15) is 0 Å². The van der Waals surface area contributed by atoms with Gasteiger partial charge in [-0.3, -0.25) is 14.6 Å². The summed E-state index contributed by atoms with van der Waals surface area (Å²) < 4.78 is 0. The summed E-state index contributed by atoms with van der Waals surface area (Å²) in [6.07, 6.45) is 8.87. The topological polar surface area (TPSA) is 55.5 Å². The molecule has 1 aromatic rings. The molecule has 1 atom stereocenters. The van der Waals surface area contributed by atoms with E-state index in [4.69, 9.17) is 0 Å². The maximum Gasteiger partial charge on any atom is 0.226 e. The first-order valence-corrected chi connectivity index (χ1v) is 10.4. The smallest absolute Gasteiger partial charge is 0.226 e. The number of nitrogens with zero attached hydrogens (tertiary/aromatic N) is 4. The number of aryl methyl sites for hydroxylation is 1. The molecule has 0 saturated carbocycles. The molecule has 144 valence electrons. The summed E-state index contributed by atoms with van der Waals surface area (Å²) in [7, 11) is 0. The molecular weight excluding hydrogens is 326 g/mol. The van der Waals surface area contributed by atoms with Gasteiger partial charge in [0.15, 0.2) is 0 Å². The number of imidazole rings is 1. The standard InChI is InChI=1S/C20H33N5O/c1-16-19(22-15-21-16)14-23-11-6-18(7-12-23)25-10-4-5-17(13-25)20(26)24-8-2-3-9-24/h15,17-18H,2-14H2,1H3,(H,21,22)/t17-/m1/s1. The highest BCUT2D eigenvalue weighted by atomic mass is 16.2. The first-order valence-electron chi connectivity index (χ1n) is 10.4. The molecule has 0 aliphatic carbocycles. The summed E-state index contributed by atoms with van der Waals surface area (Å²) in [5.41, 5.74) is 2.36. The van der Waals surface area contributed by atoms with E-state index in [1.165, 1.54) is 50.0 Å². The number of aromatic nitrogens is 2. The molecule has 1 amide bonds. The zero-order chi connectivity index (χ0) is 17.9. The number of aromatic amines is 1. The highest BCUT2D eigenvalue weighted by molar-refractivity contribution is 5.79. The summed E-state index contributed by atoms with van der Waals surface area (Å²) in [5, 5.41) is 0. The van der Waals surface area contributed by atoms with E-state index in [1.54, 1.807) is 6.33 Å². The van der Waals surface area contributed by atoms with E-state index in [9.17, 15) is 4.79 Å². The molecule has 1 N–H and O–H groups in total. The second kappa shape index (κ2) is 8.09. The lowest BCUT2D eigenvalue weighted by Gasteiger charge is -2.42. The third-order valence-corrected chi connectivity index (χ3v) is 6.60.